The smallest absolute Gasteiger partial charge is 0.383 e. The van der Waals surface area contributed by atoms with Gasteiger partial charge in [0.1, 0.15) is 23.7 Å². The van der Waals surface area contributed by atoms with Crippen molar-refractivity contribution in [2.24, 2.45) is 0 Å². The van der Waals surface area contributed by atoms with Crippen molar-refractivity contribution in [3.63, 3.8) is 0 Å². The van der Waals surface area contributed by atoms with Gasteiger partial charge in [-0.1, -0.05) is 12.1 Å². The maximum absolute atomic E-state index is 12.9. The molecule has 37 heavy (non-hydrogen) atoms. The zero-order chi connectivity index (χ0) is 26.6. The molecule has 11 nitrogen and oxygen atoms in total. The van der Waals surface area contributed by atoms with Gasteiger partial charge in [-0.3, -0.25) is 14.8 Å². The van der Waals surface area contributed by atoms with Crippen LogP contribution in [0.5, 0.6) is 0 Å². The van der Waals surface area contributed by atoms with Crippen molar-refractivity contribution in [1.29, 1.82) is 0 Å². The Morgan fingerprint density at radius 3 is 2.51 bits per heavy atom. The highest BCUT2D eigenvalue weighted by molar-refractivity contribution is 6.04. The second-order valence-electron chi connectivity index (χ2n) is 7.98. The Balaban J connectivity index is 1.54. The van der Waals surface area contributed by atoms with Gasteiger partial charge in [-0.25, -0.2) is 25.1 Å². The number of carbonyl (C=O) groups is 2. The van der Waals surface area contributed by atoms with Gasteiger partial charge in [0.15, 0.2) is 5.65 Å². The van der Waals surface area contributed by atoms with Gasteiger partial charge >= 0.3 is 6.18 Å². The van der Waals surface area contributed by atoms with Gasteiger partial charge in [-0.05, 0) is 37.1 Å². The number of hydroxylamine groups is 1. The number of aromatic nitrogens is 5. The highest BCUT2D eigenvalue weighted by Crippen LogP contribution is 2.31. The molecule has 192 valence electrons. The van der Waals surface area contributed by atoms with E-state index >= 15 is 0 Å². The molecule has 0 unspecified atom stereocenters. The van der Waals surface area contributed by atoms with Crippen LogP contribution in [0.25, 0.3) is 22.3 Å². The van der Waals surface area contributed by atoms with Crippen LogP contribution in [0.15, 0.2) is 48.9 Å². The van der Waals surface area contributed by atoms with Crippen LogP contribution in [0.4, 0.5) is 24.8 Å². The van der Waals surface area contributed by atoms with E-state index in [1.165, 1.54) is 18.5 Å². The lowest BCUT2D eigenvalue weighted by atomic mass is 10.1. The SMILES string of the molecule is Nc1ncnc2c1c(-c1ccc(C(=O)Nc3cc(C(F)(F)F)ccn3)cc1)nn2CCCCC(=O)NO. The molecule has 4 aromatic rings. The fourth-order valence-electron chi connectivity index (χ4n) is 3.63. The van der Waals surface area contributed by atoms with E-state index in [1.807, 2.05) is 0 Å². The molecule has 0 bridgehead atoms. The summed E-state index contributed by atoms with van der Waals surface area (Å²) in [4.78, 5) is 35.9. The number of rotatable bonds is 8. The van der Waals surface area contributed by atoms with Crippen LogP contribution in [-0.2, 0) is 17.5 Å². The van der Waals surface area contributed by atoms with Gasteiger partial charge < -0.3 is 11.1 Å². The van der Waals surface area contributed by atoms with Crippen LogP contribution >= 0.6 is 0 Å². The van der Waals surface area contributed by atoms with Crippen molar-refractivity contribution in [1.82, 2.24) is 30.2 Å². The number of anilines is 2. The van der Waals surface area contributed by atoms with Crippen molar-refractivity contribution in [3.8, 4) is 11.3 Å². The number of nitrogen functional groups attached to an aromatic ring is 1. The number of aryl methyl sites for hydroxylation is 1. The van der Waals surface area contributed by atoms with Crippen molar-refractivity contribution >= 4 is 34.5 Å². The van der Waals surface area contributed by atoms with Gasteiger partial charge in [0.25, 0.3) is 5.91 Å². The third-order valence-corrected chi connectivity index (χ3v) is 5.46. The molecule has 2 amide bonds. The second-order valence-corrected chi connectivity index (χ2v) is 7.98. The number of carbonyl (C=O) groups excluding carboxylic acids is 2. The zero-order valence-electron chi connectivity index (χ0n) is 19.2. The van der Waals surface area contributed by atoms with Crippen LogP contribution in [0, 0.1) is 0 Å². The number of nitrogens with two attached hydrogens (primary N) is 1. The van der Waals surface area contributed by atoms with Crippen LogP contribution in [0.3, 0.4) is 0 Å². The maximum Gasteiger partial charge on any atom is 0.416 e. The lowest BCUT2D eigenvalue weighted by Crippen LogP contribution is -2.18. The molecule has 1 aromatic carbocycles. The lowest BCUT2D eigenvalue weighted by Gasteiger charge is -2.09. The molecule has 0 saturated heterocycles. The van der Waals surface area contributed by atoms with E-state index in [0.717, 1.165) is 18.3 Å². The second kappa shape index (κ2) is 10.6. The first-order chi connectivity index (χ1) is 17.7. The van der Waals surface area contributed by atoms with Crippen molar-refractivity contribution in [3.05, 3.63) is 60.0 Å². The van der Waals surface area contributed by atoms with E-state index in [9.17, 15) is 22.8 Å². The molecule has 5 N–H and O–H groups in total. The van der Waals surface area contributed by atoms with Gasteiger partial charge in [-0.2, -0.15) is 18.3 Å². The van der Waals surface area contributed by atoms with Gasteiger partial charge in [-0.15, -0.1) is 0 Å². The quantitative estimate of drug-likeness (QED) is 0.158. The van der Waals surface area contributed by atoms with Gasteiger partial charge in [0.05, 0.1) is 10.9 Å². The molecule has 0 aliphatic carbocycles. The van der Waals surface area contributed by atoms with E-state index in [-0.39, 0.29) is 23.6 Å². The molecular formula is C23H21F3N8O3. The topological polar surface area (TPSA) is 161 Å². The van der Waals surface area contributed by atoms with E-state index in [2.05, 4.69) is 25.4 Å². The molecule has 0 aliphatic heterocycles. The Hall–Kier alpha value is -4.59. The summed E-state index contributed by atoms with van der Waals surface area (Å²) in [5, 5.41) is 16.1. The summed E-state index contributed by atoms with van der Waals surface area (Å²) in [5.74, 6) is -1.13. The Morgan fingerprint density at radius 1 is 1.05 bits per heavy atom. The number of hydrogen-bond donors (Lipinski definition) is 4. The number of nitrogens with zero attached hydrogens (tertiary/aromatic N) is 5. The molecule has 0 fully saturated rings. The standard InChI is InChI=1S/C23H21F3N8O3/c24-23(25,26)15-8-9-28-16(11-15)31-22(36)14-6-4-13(5-7-14)19-18-20(27)29-12-30-21(18)34(32-19)10-2-1-3-17(35)33-37/h4-9,11-12,37H,1-3,10H2,(H,33,35)(H2,27,29,30)(H,28,31,36). The fourth-order valence-corrected chi connectivity index (χ4v) is 3.63. The summed E-state index contributed by atoms with van der Waals surface area (Å²) in [7, 11) is 0. The summed E-state index contributed by atoms with van der Waals surface area (Å²) >= 11 is 0. The van der Waals surface area contributed by atoms with Crippen LogP contribution in [0.1, 0.15) is 35.2 Å². The third-order valence-electron chi connectivity index (χ3n) is 5.46. The number of unbranched alkanes of at least 4 members (excludes halogenated alkanes) is 1. The molecule has 0 saturated carbocycles. The molecular weight excluding hydrogens is 493 g/mol. The summed E-state index contributed by atoms with van der Waals surface area (Å²) in [6.07, 6.45) is -1.04. The normalized spacial score (nSPS) is 11.5. The zero-order valence-corrected chi connectivity index (χ0v) is 19.2. The number of fused-ring (bicyclic) bond motifs is 1. The number of hydrogen-bond acceptors (Lipinski definition) is 8. The Morgan fingerprint density at radius 2 is 1.81 bits per heavy atom. The van der Waals surface area contributed by atoms with Gasteiger partial charge in [0.2, 0.25) is 5.91 Å². The van der Waals surface area contributed by atoms with Crippen molar-refractivity contribution in [2.45, 2.75) is 32.0 Å². The van der Waals surface area contributed by atoms with E-state index in [1.54, 1.807) is 22.3 Å². The predicted molar refractivity (Wildman–Crippen MR) is 126 cm³/mol. The maximum atomic E-state index is 12.9. The summed E-state index contributed by atoms with van der Waals surface area (Å²) in [6, 6.07) is 7.81. The Kier molecular flexibility index (Phi) is 7.29. The van der Waals surface area contributed by atoms with E-state index in [4.69, 9.17) is 10.9 Å². The molecule has 3 heterocycles. The number of pyridine rings is 1. The molecule has 0 spiro atoms. The first-order valence-electron chi connectivity index (χ1n) is 11.0. The van der Waals surface area contributed by atoms with E-state index < -0.39 is 23.6 Å². The highest BCUT2D eigenvalue weighted by Gasteiger charge is 2.31. The monoisotopic (exact) mass is 514 g/mol. The summed E-state index contributed by atoms with van der Waals surface area (Å²) in [6.45, 7) is 0.427. The minimum atomic E-state index is -4.56. The van der Waals surface area contributed by atoms with E-state index in [0.29, 0.717) is 41.7 Å². The average Bonchev–Trinajstić information content (AvgIpc) is 3.26. The van der Waals surface area contributed by atoms with Crippen molar-refractivity contribution in [2.75, 3.05) is 11.1 Å². The van der Waals surface area contributed by atoms with Crippen LogP contribution < -0.4 is 16.5 Å². The number of benzene rings is 1. The minimum absolute atomic E-state index is 0.152. The lowest BCUT2D eigenvalue weighted by molar-refractivity contribution is -0.137. The molecule has 0 radical (unpaired) electrons. The first-order valence-corrected chi connectivity index (χ1v) is 11.0. The molecule has 14 heteroatoms. The first kappa shape index (κ1) is 25.5. The van der Waals surface area contributed by atoms with Crippen LogP contribution in [-0.4, -0.2) is 41.8 Å². The summed E-state index contributed by atoms with van der Waals surface area (Å²) in [5.41, 5.74) is 8.53. The molecule has 3 aromatic heterocycles. The molecule has 0 atom stereocenters. The van der Waals surface area contributed by atoms with Crippen LogP contribution in [0.2, 0.25) is 0 Å². The number of amides is 2. The third kappa shape index (κ3) is 5.81. The minimum Gasteiger partial charge on any atom is -0.383 e. The number of alkyl halides is 3. The predicted octanol–water partition coefficient (Wildman–Crippen LogP) is 3.42. The fraction of sp³-hybridized carbons (Fsp3) is 0.217. The largest absolute Gasteiger partial charge is 0.416 e. The molecule has 0 aliphatic rings. The average molecular weight is 514 g/mol. The van der Waals surface area contributed by atoms with Gasteiger partial charge in [0, 0.05) is 30.3 Å². The Bertz CT molecular complexity index is 1440. The molecule has 4 rings (SSSR count). The van der Waals surface area contributed by atoms with Crippen molar-refractivity contribution < 1.29 is 28.0 Å². The number of nitrogens with one attached hydrogen (secondary N) is 2. The summed E-state index contributed by atoms with van der Waals surface area (Å²) < 4.78 is 40.4. The highest BCUT2D eigenvalue weighted by atomic mass is 19.4. The number of halogens is 3. The Labute approximate surface area is 207 Å².